The summed E-state index contributed by atoms with van der Waals surface area (Å²) in [5.74, 6) is -0.258. The molecule has 0 aliphatic carbocycles. The topological polar surface area (TPSA) is 79.4 Å². The normalized spacial score (nSPS) is 17.1. The largest absolute Gasteiger partial charge is 0.344 e. The summed E-state index contributed by atoms with van der Waals surface area (Å²) in [6, 6.07) is 11.5. The second-order valence-corrected chi connectivity index (χ2v) is 8.73. The van der Waals surface area contributed by atoms with Gasteiger partial charge in [-0.25, -0.2) is 8.42 Å². The van der Waals surface area contributed by atoms with Crippen LogP contribution >= 0.6 is 0 Å². The molecule has 1 N–H and O–H groups in total. The molecule has 6 nitrogen and oxygen atoms in total. The highest BCUT2D eigenvalue weighted by Gasteiger charge is 2.25. The van der Waals surface area contributed by atoms with Gasteiger partial charge in [-0.05, 0) is 56.2 Å². The van der Waals surface area contributed by atoms with E-state index in [1.165, 1.54) is 12.1 Å². The zero-order valence-electron chi connectivity index (χ0n) is 15.5. The van der Waals surface area contributed by atoms with Crippen molar-refractivity contribution in [2.75, 3.05) is 13.1 Å². The number of benzene rings is 1. The number of amides is 1. The van der Waals surface area contributed by atoms with Gasteiger partial charge >= 0.3 is 0 Å². The van der Waals surface area contributed by atoms with E-state index < -0.39 is 10.0 Å². The van der Waals surface area contributed by atoms with Gasteiger partial charge in [0, 0.05) is 24.8 Å². The number of rotatable bonds is 5. The van der Waals surface area contributed by atoms with Gasteiger partial charge in [0.15, 0.2) is 0 Å². The molecule has 7 heteroatoms. The minimum atomic E-state index is -3.50. The number of carbonyl (C=O) groups excluding carboxylic acids is 1. The van der Waals surface area contributed by atoms with Crippen molar-refractivity contribution in [3.05, 3.63) is 59.9 Å². The van der Waals surface area contributed by atoms with Crippen molar-refractivity contribution >= 4 is 15.9 Å². The van der Waals surface area contributed by atoms with Gasteiger partial charge in [0.25, 0.3) is 5.91 Å². The monoisotopic (exact) mass is 387 g/mol. The molecule has 2 aromatic rings. The van der Waals surface area contributed by atoms with E-state index in [9.17, 15) is 13.2 Å². The molecule has 3 rings (SSSR count). The average Bonchev–Trinajstić information content (AvgIpc) is 2.99. The Hall–Kier alpha value is -2.25. The summed E-state index contributed by atoms with van der Waals surface area (Å²) in [5.41, 5.74) is 1.19. The van der Waals surface area contributed by atoms with Crippen LogP contribution in [-0.2, 0) is 10.0 Å². The van der Waals surface area contributed by atoms with Gasteiger partial charge in [-0.2, -0.15) is 4.31 Å². The first kappa shape index (κ1) is 19.5. The summed E-state index contributed by atoms with van der Waals surface area (Å²) in [5, 5.41) is 2.88. The molecule has 27 heavy (non-hydrogen) atoms. The number of nitrogens with zero attached hydrogens (tertiary/aromatic N) is 2. The van der Waals surface area contributed by atoms with Gasteiger partial charge in [0.2, 0.25) is 10.0 Å². The molecule has 1 aromatic carbocycles. The molecule has 144 valence electrons. The number of carbonyl (C=O) groups is 1. The van der Waals surface area contributed by atoms with Gasteiger partial charge in [-0.15, -0.1) is 0 Å². The number of aromatic nitrogens is 1. The van der Waals surface area contributed by atoms with Crippen molar-refractivity contribution in [2.45, 2.75) is 43.5 Å². The van der Waals surface area contributed by atoms with Crippen molar-refractivity contribution in [1.82, 2.24) is 14.6 Å². The van der Waals surface area contributed by atoms with Crippen LogP contribution in [0.25, 0.3) is 0 Å². The first-order chi connectivity index (χ1) is 13.0. The van der Waals surface area contributed by atoms with Gasteiger partial charge in [-0.3, -0.25) is 9.78 Å². The van der Waals surface area contributed by atoms with Crippen molar-refractivity contribution in [1.29, 1.82) is 0 Å². The fourth-order valence-corrected chi connectivity index (χ4v) is 4.71. The van der Waals surface area contributed by atoms with E-state index >= 15 is 0 Å². The van der Waals surface area contributed by atoms with Crippen LogP contribution in [0.2, 0.25) is 0 Å². The molecule has 1 aliphatic rings. The maximum Gasteiger partial charge on any atom is 0.251 e. The summed E-state index contributed by atoms with van der Waals surface area (Å²) in [6.45, 7) is 2.98. The second kappa shape index (κ2) is 8.63. The summed E-state index contributed by atoms with van der Waals surface area (Å²) < 4.78 is 27.2. The van der Waals surface area contributed by atoms with Crippen molar-refractivity contribution < 1.29 is 13.2 Å². The van der Waals surface area contributed by atoms with E-state index in [0.717, 1.165) is 31.4 Å². The maximum atomic E-state index is 12.8. The number of sulfonamides is 1. The van der Waals surface area contributed by atoms with Crippen LogP contribution in [0.1, 0.15) is 54.7 Å². The Kier molecular flexibility index (Phi) is 6.23. The number of pyridine rings is 1. The van der Waals surface area contributed by atoms with E-state index in [0.29, 0.717) is 18.7 Å². The summed E-state index contributed by atoms with van der Waals surface area (Å²) in [4.78, 5) is 16.9. The van der Waals surface area contributed by atoms with Crippen LogP contribution in [0.15, 0.2) is 53.6 Å². The van der Waals surface area contributed by atoms with E-state index in [-0.39, 0.29) is 16.8 Å². The lowest BCUT2D eigenvalue weighted by molar-refractivity contribution is 0.0939. The zero-order valence-corrected chi connectivity index (χ0v) is 16.3. The molecular formula is C20H25N3O3S. The lowest BCUT2D eigenvalue weighted by Gasteiger charge is -2.20. The highest BCUT2D eigenvalue weighted by Crippen LogP contribution is 2.21. The third-order valence-corrected chi connectivity index (χ3v) is 6.71. The predicted molar refractivity (Wildman–Crippen MR) is 104 cm³/mol. The number of hydrogen-bond acceptors (Lipinski definition) is 4. The van der Waals surface area contributed by atoms with Gasteiger partial charge in [-0.1, -0.05) is 18.9 Å². The molecule has 0 saturated carbocycles. The Morgan fingerprint density at radius 1 is 1.04 bits per heavy atom. The molecule has 1 atom stereocenters. The lowest BCUT2D eigenvalue weighted by Crippen LogP contribution is -2.32. The van der Waals surface area contributed by atoms with Crippen LogP contribution in [-0.4, -0.2) is 36.7 Å². The molecule has 1 aromatic heterocycles. The summed E-state index contributed by atoms with van der Waals surface area (Å²) in [6.07, 6.45) is 5.61. The Balaban J connectivity index is 1.70. The molecule has 0 unspecified atom stereocenters. The molecule has 2 heterocycles. The first-order valence-electron chi connectivity index (χ1n) is 9.30. The quantitative estimate of drug-likeness (QED) is 0.855. The Bertz CT molecular complexity index is 859. The molecule has 1 saturated heterocycles. The Morgan fingerprint density at radius 2 is 1.70 bits per heavy atom. The van der Waals surface area contributed by atoms with Crippen molar-refractivity contribution in [3.63, 3.8) is 0 Å². The predicted octanol–water partition coefficient (Wildman–Crippen LogP) is 3.14. The highest BCUT2D eigenvalue weighted by molar-refractivity contribution is 7.89. The Labute approximate surface area is 160 Å². The number of nitrogens with one attached hydrogen (secondary N) is 1. The molecule has 0 spiro atoms. The maximum absolute atomic E-state index is 12.8. The SMILES string of the molecule is C[C@@H](NC(=O)c1ccc(S(=O)(=O)N2CCCCCC2)cc1)c1ccccn1. The Morgan fingerprint density at radius 3 is 2.30 bits per heavy atom. The zero-order chi connectivity index (χ0) is 19.3. The van der Waals surface area contributed by atoms with Gasteiger partial charge in [0.1, 0.15) is 0 Å². The van der Waals surface area contributed by atoms with Crippen molar-refractivity contribution in [3.8, 4) is 0 Å². The molecule has 1 fully saturated rings. The third-order valence-electron chi connectivity index (χ3n) is 4.80. The summed E-state index contributed by atoms with van der Waals surface area (Å²) in [7, 11) is -3.50. The standard InChI is InChI=1S/C20H25N3O3S/c1-16(19-8-4-5-13-21-19)22-20(24)17-9-11-18(12-10-17)27(25,26)23-14-6-2-3-7-15-23/h4-5,8-13,16H,2-3,6-7,14-15H2,1H3,(H,22,24)/t16-/m1/s1. The molecule has 1 amide bonds. The molecule has 1 aliphatic heterocycles. The van der Waals surface area contributed by atoms with Crippen LogP contribution in [0.5, 0.6) is 0 Å². The average molecular weight is 388 g/mol. The fraction of sp³-hybridized carbons (Fsp3) is 0.400. The van der Waals surface area contributed by atoms with E-state index in [1.54, 1.807) is 22.6 Å². The van der Waals surface area contributed by atoms with Crippen molar-refractivity contribution in [2.24, 2.45) is 0 Å². The second-order valence-electron chi connectivity index (χ2n) is 6.79. The molecular weight excluding hydrogens is 362 g/mol. The first-order valence-corrected chi connectivity index (χ1v) is 10.7. The number of hydrogen-bond donors (Lipinski definition) is 1. The molecule has 0 bridgehead atoms. The van der Waals surface area contributed by atoms with Crippen LogP contribution < -0.4 is 5.32 Å². The van der Waals surface area contributed by atoms with Crippen LogP contribution in [0.3, 0.4) is 0 Å². The van der Waals surface area contributed by atoms with Gasteiger partial charge < -0.3 is 5.32 Å². The minimum absolute atomic E-state index is 0.235. The third kappa shape index (κ3) is 4.73. The smallest absolute Gasteiger partial charge is 0.251 e. The van der Waals surface area contributed by atoms with E-state index in [1.807, 2.05) is 25.1 Å². The minimum Gasteiger partial charge on any atom is -0.344 e. The highest BCUT2D eigenvalue weighted by atomic mass is 32.2. The van der Waals surface area contributed by atoms with Crippen LogP contribution in [0, 0.1) is 0 Å². The van der Waals surface area contributed by atoms with E-state index in [2.05, 4.69) is 10.3 Å². The fourth-order valence-electron chi connectivity index (χ4n) is 3.20. The summed E-state index contributed by atoms with van der Waals surface area (Å²) >= 11 is 0. The lowest BCUT2D eigenvalue weighted by atomic mass is 10.1. The van der Waals surface area contributed by atoms with Crippen LogP contribution in [0.4, 0.5) is 0 Å². The van der Waals surface area contributed by atoms with Gasteiger partial charge in [0.05, 0.1) is 16.6 Å². The van der Waals surface area contributed by atoms with E-state index in [4.69, 9.17) is 0 Å². The molecule has 0 radical (unpaired) electrons.